The molecule has 0 spiro atoms. The summed E-state index contributed by atoms with van der Waals surface area (Å²) >= 11 is 1.74. The van der Waals surface area contributed by atoms with Gasteiger partial charge in [-0.1, -0.05) is 23.9 Å². The number of nitrogens with two attached hydrogens (primary N) is 1. The maximum absolute atomic E-state index is 13.2. The Morgan fingerprint density at radius 2 is 1.87 bits per heavy atom. The van der Waals surface area contributed by atoms with E-state index < -0.39 is 0 Å². The molecule has 3 aliphatic rings. The summed E-state index contributed by atoms with van der Waals surface area (Å²) in [5.41, 5.74) is 9.77. The number of carbonyl (C=O) groups excluding carboxylic acids is 1. The van der Waals surface area contributed by atoms with E-state index in [-0.39, 0.29) is 5.91 Å². The number of nitrogens with zero attached hydrogens (tertiary/aromatic N) is 2. The lowest BCUT2D eigenvalue weighted by atomic mass is 10.0. The van der Waals surface area contributed by atoms with Crippen molar-refractivity contribution in [2.45, 2.75) is 41.5 Å². The van der Waals surface area contributed by atoms with Crippen molar-refractivity contribution in [3.8, 4) is 0 Å². The van der Waals surface area contributed by atoms with Gasteiger partial charge in [-0.3, -0.25) is 4.79 Å². The number of para-hydroxylation sites is 1. The third-order valence-corrected chi connectivity index (χ3v) is 7.62. The van der Waals surface area contributed by atoms with Crippen LogP contribution in [0.4, 0.5) is 17.1 Å². The molecule has 0 aliphatic carbocycles. The number of hydrogen-bond donors (Lipinski definition) is 3. The molecule has 5 rings (SSSR count). The smallest absolute Gasteiger partial charge is 0.253 e. The number of benzene rings is 2. The highest BCUT2D eigenvalue weighted by Gasteiger charge is 2.26. The van der Waals surface area contributed by atoms with Crippen LogP contribution in [0.5, 0.6) is 0 Å². The molecular weight excluding hydrogens is 406 g/mol. The summed E-state index contributed by atoms with van der Waals surface area (Å²) in [5.74, 6) is 0.153. The predicted octanol–water partition coefficient (Wildman–Crippen LogP) is 3.97. The number of piperidine rings is 1. The van der Waals surface area contributed by atoms with E-state index in [0.29, 0.717) is 12.6 Å². The van der Waals surface area contributed by atoms with Crippen LogP contribution in [0, 0.1) is 0 Å². The van der Waals surface area contributed by atoms with E-state index >= 15 is 0 Å². The first-order valence-corrected chi connectivity index (χ1v) is 12.2. The quantitative estimate of drug-likeness (QED) is 0.561. The zero-order valence-corrected chi connectivity index (χ0v) is 18.7. The first-order chi connectivity index (χ1) is 15.2. The van der Waals surface area contributed by atoms with Crippen LogP contribution in [-0.2, 0) is 0 Å². The van der Waals surface area contributed by atoms with Gasteiger partial charge >= 0.3 is 0 Å². The van der Waals surface area contributed by atoms with Crippen molar-refractivity contribution in [3.05, 3.63) is 42.0 Å². The number of rotatable bonds is 5. The van der Waals surface area contributed by atoms with Gasteiger partial charge in [0.05, 0.1) is 17.1 Å². The number of carbonyl (C=O) groups is 1. The molecule has 2 aromatic rings. The minimum Gasteiger partial charge on any atom is -0.380 e. The molecule has 2 saturated heterocycles. The van der Waals surface area contributed by atoms with Gasteiger partial charge in [0.2, 0.25) is 0 Å². The number of amides is 1. The summed E-state index contributed by atoms with van der Waals surface area (Å²) in [6.07, 6.45) is 4.38. The number of anilines is 3. The summed E-state index contributed by atoms with van der Waals surface area (Å²) in [4.78, 5) is 19.9. The van der Waals surface area contributed by atoms with Crippen LogP contribution >= 0.6 is 11.8 Å². The highest BCUT2D eigenvalue weighted by molar-refractivity contribution is 7.99. The van der Waals surface area contributed by atoms with Crippen molar-refractivity contribution in [2.75, 3.05) is 49.9 Å². The zero-order chi connectivity index (χ0) is 21.2. The number of nitrogens with one attached hydrogen (secondary N) is 2. The van der Waals surface area contributed by atoms with Crippen LogP contribution in [0.2, 0.25) is 0 Å². The Kier molecular flexibility index (Phi) is 6.07. The van der Waals surface area contributed by atoms with Crippen LogP contribution in [0.3, 0.4) is 0 Å². The molecule has 3 aliphatic heterocycles. The number of hydrogen-bond acceptors (Lipinski definition) is 6. The minimum absolute atomic E-state index is 0.153. The van der Waals surface area contributed by atoms with Gasteiger partial charge < -0.3 is 26.2 Å². The first-order valence-electron chi connectivity index (χ1n) is 11.4. The fourth-order valence-electron chi connectivity index (χ4n) is 4.78. The average Bonchev–Trinajstić information content (AvgIpc) is 3.34. The minimum atomic E-state index is 0.153. The standard InChI is InChI=1S/C24H31N5OS/c25-9-14-28-12-7-18(8-13-28)26-20-15-17(24(30)29-10-3-4-11-29)16-22-23(20)27-19-5-1-2-6-21(19)31-22/h1-2,5-6,15-16,18,26-27H,3-4,7-14,25H2. The molecule has 4 N–H and O–H groups in total. The van der Waals surface area contributed by atoms with E-state index in [1.165, 1.54) is 4.90 Å². The van der Waals surface area contributed by atoms with Crippen LogP contribution in [0.25, 0.3) is 0 Å². The fraction of sp³-hybridized carbons (Fsp3) is 0.458. The van der Waals surface area contributed by atoms with Gasteiger partial charge in [-0.15, -0.1) is 0 Å². The maximum Gasteiger partial charge on any atom is 0.253 e. The molecule has 6 nitrogen and oxygen atoms in total. The molecule has 1 amide bonds. The van der Waals surface area contributed by atoms with Crippen molar-refractivity contribution >= 4 is 34.7 Å². The second-order valence-corrected chi connectivity index (χ2v) is 9.75. The molecule has 31 heavy (non-hydrogen) atoms. The Bertz CT molecular complexity index is 951. The van der Waals surface area contributed by atoms with Gasteiger partial charge in [0.15, 0.2) is 0 Å². The third kappa shape index (κ3) is 4.40. The molecule has 0 unspecified atom stereocenters. The summed E-state index contributed by atoms with van der Waals surface area (Å²) in [7, 11) is 0. The number of likely N-dealkylation sites (tertiary alicyclic amines) is 2. The Morgan fingerprint density at radius 1 is 1.10 bits per heavy atom. The van der Waals surface area contributed by atoms with E-state index in [4.69, 9.17) is 5.73 Å². The molecular formula is C24H31N5OS. The van der Waals surface area contributed by atoms with Crippen molar-refractivity contribution in [2.24, 2.45) is 5.73 Å². The highest BCUT2D eigenvalue weighted by atomic mass is 32.2. The van der Waals surface area contributed by atoms with Crippen molar-refractivity contribution < 1.29 is 4.79 Å². The normalized spacial score (nSPS) is 18.9. The molecule has 0 aromatic heterocycles. The van der Waals surface area contributed by atoms with Gasteiger partial charge in [-0.2, -0.15) is 0 Å². The van der Waals surface area contributed by atoms with Crippen LogP contribution in [0.1, 0.15) is 36.0 Å². The number of fused-ring (bicyclic) bond motifs is 2. The molecule has 0 radical (unpaired) electrons. The van der Waals surface area contributed by atoms with E-state index in [0.717, 1.165) is 85.9 Å². The summed E-state index contributed by atoms with van der Waals surface area (Å²) in [6, 6.07) is 12.9. The molecule has 7 heteroatoms. The SMILES string of the molecule is NCCN1CCC(Nc2cc(C(=O)N3CCCC3)cc3c2Nc2ccccc2S3)CC1. The Morgan fingerprint density at radius 3 is 2.65 bits per heavy atom. The van der Waals surface area contributed by atoms with Crippen molar-refractivity contribution in [1.82, 2.24) is 9.80 Å². The summed E-state index contributed by atoms with van der Waals surface area (Å²) in [6.45, 7) is 5.55. The monoisotopic (exact) mass is 437 g/mol. The van der Waals surface area contributed by atoms with Gasteiger partial charge in [-0.05, 0) is 49.9 Å². The van der Waals surface area contributed by atoms with E-state index in [2.05, 4.69) is 51.9 Å². The Labute approximate surface area is 188 Å². The van der Waals surface area contributed by atoms with Crippen LogP contribution in [-0.4, -0.2) is 61.0 Å². The summed E-state index contributed by atoms with van der Waals surface area (Å²) in [5, 5.41) is 7.41. The fourth-order valence-corrected chi connectivity index (χ4v) is 5.84. The molecule has 2 aromatic carbocycles. The van der Waals surface area contributed by atoms with Gasteiger partial charge in [0.25, 0.3) is 5.91 Å². The van der Waals surface area contributed by atoms with Gasteiger partial charge in [0.1, 0.15) is 0 Å². The Hall–Kier alpha value is -2.22. The maximum atomic E-state index is 13.2. The second kappa shape index (κ2) is 9.10. The lowest BCUT2D eigenvalue weighted by Crippen LogP contribution is -2.41. The lowest BCUT2D eigenvalue weighted by Gasteiger charge is -2.34. The second-order valence-electron chi connectivity index (χ2n) is 8.67. The van der Waals surface area contributed by atoms with E-state index in [1.54, 1.807) is 11.8 Å². The van der Waals surface area contributed by atoms with E-state index in [9.17, 15) is 4.79 Å². The predicted molar refractivity (Wildman–Crippen MR) is 128 cm³/mol. The third-order valence-electron chi connectivity index (χ3n) is 6.50. The molecule has 2 fully saturated rings. The molecule has 0 atom stereocenters. The lowest BCUT2D eigenvalue weighted by molar-refractivity contribution is 0.0792. The topological polar surface area (TPSA) is 73.6 Å². The van der Waals surface area contributed by atoms with Crippen LogP contribution in [0.15, 0.2) is 46.2 Å². The zero-order valence-electron chi connectivity index (χ0n) is 17.9. The largest absolute Gasteiger partial charge is 0.380 e. The molecule has 0 saturated carbocycles. The molecule has 0 bridgehead atoms. The molecule has 164 valence electrons. The van der Waals surface area contributed by atoms with Crippen molar-refractivity contribution in [1.29, 1.82) is 0 Å². The van der Waals surface area contributed by atoms with Crippen LogP contribution < -0.4 is 16.4 Å². The van der Waals surface area contributed by atoms with Gasteiger partial charge in [-0.25, -0.2) is 0 Å². The average molecular weight is 438 g/mol. The first kappa shape index (κ1) is 20.7. The van der Waals surface area contributed by atoms with Gasteiger partial charge in [0, 0.05) is 60.7 Å². The Balaban J connectivity index is 1.43. The highest BCUT2D eigenvalue weighted by Crippen LogP contribution is 2.48. The van der Waals surface area contributed by atoms with E-state index in [1.807, 2.05) is 4.90 Å². The van der Waals surface area contributed by atoms with Crippen molar-refractivity contribution in [3.63, 3.8) is 0 Å². The summed E-state index contributed by atoms with van der Waals surface area (Å²) < 4.78 is 0. The molecule has 3 heterocycles.